The number of hydrogen-bond donors (Lipinski definition) is 1. The lowest BCUT2D eigenvalue weighted by Gasteiger charge is -2.27. The lowest BCUT2D eigenvalue weighted by atomic mass is 9.83. The third-order valence-electron chi connectivity index (χ3n) is 5.11. The zero-order valence-corrected chi connectivity index (χ0v) is 21.7. The second kappa shape index (κ2) is 11.0. The first-order valence-corrected chi connectivity index (χ1v) is 11.7. The Hall–Kier alpha value is -2.86. The number of halogens is 3. The van der Waals surface area contributed by atoms with Gasteiger partial charge < -0.3 is 24.7 Å². The first-order valence-electron chi connectivity index (χ1n) is 10.1. The average molecular weight is 568 g/mol. The second-order valence-electron chi connectivity index (χ2n) is 7.14. The Kier molecular flexibility index (Phi) is 8.37. The molecule has 0 aromatic heterocycles. The predicted molar refractivity (Wildman–Crippen MR) is 131 cm³/mol. The van der Waals surface area contributed by atoms with Gasteiger partial charge in [0.05, 0.1) is 29.7 Å². The summed E-state index contributed by atoms with van der Waals surface area (Å²) in [6.45, 7) is 3.54. The van der Waals surface area contributed by atoms with Gasteiger partial charge in [-0.05, 0) is 59.6 Å². The summed E-state index contributed by atoms with van der Waals surface area (Å²) >= 11 is 16.0. The molecule has 10 heteroatoms. The molecule has 7 nitrogen and oxygen atoms in total. The van der Waals surface area contributed by atoms with Crippen LogP contribution in [-0.4, -0.2) is 19.7 Å². The number of methoxy groups -OCH3 is 1. The summed E-state index contributed by atoms with van der Waals surface area (Å²) in [4.78, 5) is 12.8. The van der Waals surface area contributed by atoms with E-state index in [-0.39, 0.29) is 36.0 Å². The molecule has 0 amide bonds. The highest BCUT2D eigenvalue weighted by molar-refractivity contribution is 9.10. The third-order valence-corrected chi connectivity index (χ3v) is 6.41. The van der Waals surface area contributed by atoms with Crippen LogP contribution in [0.4, 0.5) is 0 Å². The predicted octanol–water partition coefficient (Wildman–Crippen LogP) is 5.99. The minimum Gasteiger partial charge on any atom is -0.493 e. The van der Waals surface area contributed by atoms with Crippen LogP contribution in [0.1, 0.15) is 30.9 Å². The number of nitrogens with zero attached hydrogens (tertiary/aromatic N) is 1. The molecule has 0 fully saturated rings. The van der Waals surface area contributed by atoms with Crippen LogP contribution in [-0.2, 0) is 20.9 Å². The number of hydrogen-bond acceptors (Lipinski definition) is 7. The van der Waals surface area contributed by atoms with Crippen LogP contribution in [0.25, 0.3) is 0 Å². The smallest absolute Gasteiger partial charge is 0.338 e. The van der Waals surface area contributed by atoms with Gasteiger partial charge in [-0.15, -0.1) is 0 Å². The summed E-state index contributed by atoms with van der Waals surface area (Å²) in [6, 6.07) is 10.6. The average Bonchev–Trinajstić information content (AvgIpc) is 2.78. The first kappa shape index (κ1) is 25.8. The van der Waals surface area contributed by atoms with Crippen LogP contribution in [0.3, 0.4) is 0 Å². The van der Waals surface area contributed by atoms with Gasteiger partial charge in [0.1, 0.15) is 24.0 Å². The van der Waals surface area contributed by atoms with Gasteiger partial charge in [0.25, 0.3) is 0 Å². The molecule has 0 aliphatic carbocycles. The molecule has 178 valence electrons. The Morgan fingerprint density at radius 1 is 1.29 bits per heavy atom. The Bertz CT molecular complexity index is 1220. The molecule has 34 heavy (non-hydrogen) atoms. The molecule has 0 saturated heterocycles. The van der Waals surface area contributed by atoms with E-state index in [1.165, 1.54) is 7.11 Å². The fourth-order valence-corrected chi connectivity index (χ4v) is 4.63. The van der Waals surface area contributed by atoms with E-state index in [0.717, 1.165) is 0 Å². The van der Waals surface area contributed by atoms with Crippen LogP contribution in [0.5, 0.6) is 11.5 Å². The van der Waals surface area contributed by atoms with Crippen molar-refractivity contribution >= 4 is 45.1 Å². The molecule has 0 saturated carbocycles. The minimum atomic E-state index is -0.824. The third kappa shape index (κ3) is 5.12. The summed E-state index contributed by atoms with van der Waals surface area (Å²) in [7, 11) is 1.48. The molecule has 0 radical (unpaired) electrons. The van der Waals surface area contributed by atoms with E-state index >= 15 is 0 Å². The van der Waals surface area contributed by atoms with Gasteiger partial charge in [-0.3, -0.25) is 0 Å². The van der Waals surface area contributed by atoms with Crippen molar-refractivity contribution in [2.24, 2.45) is 5.73 Å². The van der Waals surface area contributed by atoms with Crippen molar-refractivity contribution in [2.75, 3.05) is 13.7 Å². The van der Waals surface area contributed by atoms with Gasteiger partial charge in [0.15, 0.2) is 11.5 Å². The number of allylic oxidation sites excluding steroid dienone is 2. The van der Waals surface area contributed by atoms with E-state index < -0.39 is 11.9 Å². The standard InChI is InChI=1S/C24H21BrCl2N2O5/c1-4-32-24(30)20-12(2)34-23(29)14(10-28)21(20)13-8-16(25)22(19(9-13)31-3)33-11-15-17(26)6-5-7-18(15)27/h5-9,21H,4,11,29H2,1-3H3. The zero-order valence-electron chi connectivity index (χ0n) is 18.6. The van der Waals surface area contributed by atoms with Gasteiger partial charge in [-0.1, -0.05) is 29.3 Å². The van der Waals surface area contributed by atoms with E-state index in [9.17, 15) is 10.1 Å². The molecule has 2 aromatic rings. The van der Waals surface area contributed by atoms with E-state index in [0.29, 0.717) is 37.1 Å². The van der Waals surface area contributed by atoms with E-state index in [4.69, 9.17) is 47.9 Å². The van der Waals surface area contributed by atoms with Crippen LogP contribution in [0, 0.1) is 11.3 Å². The SMILES string of the molecule is CCOC(=O)C1=C(C)OC(N)=C(C#N)C1c1cc(Br)c(OCc2c(Cl)cccc2Cl)c(OC)c1. The summed E-state index contributed by atoms with van der Waals surface area (Å²) in [5.74, 6) is -0.506. The van der Waals surface area contributed by atoms with E-state index in [1.807, 2.05) is 0 Å². The molecule has 0 spiro atoms. The zero-order chi connectivity index (χ0) is 25.0. The molecular formula is C24H21BrCl2N2O5. The molecule has 1 aliphatic heterocycles. The van der Waals surface area contributed by atoms with Crippen molar-refractivity contribution in [3.05, 3.63) is 78.8 Å². The summed E-state index contributed by atoms with van der Waals surface area (Å²) < 4.78 is 22.7. The maximum Gasteiger partial charge on any atom is 0.338 e. The number of benzene rings is 2. The normalized spacial score (nSPS) is 15.5. The number of esters is 1. The van der Waals surface area contributed by atoms with Gasteiger partial charge in [0, 0.05) is 15.6 Å². The fraction of sp³-hybridized carbons (Fsp3) is 0.250. The molecule has 3 rings (SSSR count). The van der Waals surface area contributed by atoms with Gasteiger partial charge in [0.2, 0.25) is 5.88 Å². The topological polar surface area (TPSA) is 104 Å². The lowest BCUT2D eigenvalue weighted by Crippen LogP contribution is -2.25. The first-order chi connectivity index (χ1) is 16.2. The highest BCUT2D eigenvalue weighted by atomic mass is 79.9. The Balaban J connectivity index is 2.07. The van der Waals surface area contributed by atoms with Crippen LogP contribution in [0.15, 0.2) is 57.6 Å². The maximum atomic E-state index is 12.8. The molecule has 1 heterocycles. The van der Waals surface area contributed by atoms with E-state index in [1.54, 1.807) is 44.2 Å². The number of rotatable bonds is 7. The Morgan fingerprint density at radius 2 is 1.97 bits per heavy atom. The van der Waals surface area contributed by atoms with E-state index in [2.05, 4.69) is 22.0 Å². The Morgan fingerprint density at radius 3 is 2.56 bits per heavy atom. The highest BCUT2D eigenvalue weighted by Gasteiger charge is 2.37. The van der Waals surface area contributed by atoms with Crippen LogP contribution in [0.2, 0.25) is 10.0 Å². The monoisotopic (exact) mass is 566 g/mol. The lowest BCUT2D eigenvalue weighted by molar-refractivity contribution is -0.139. The molecule has 1 unspecified atom stereocenters. The number of carbonyl (C=O) groups excluding carboxylic acids is 1. The van der Waals surface area contributed by atoms with Crippen molar-refractivity contribution in [1.29, 1.82) is 5.26 Å². The Labute approximate surface area is 215 Å². The van der Waals surface area contributed by atoms with Gasteiger partial charge >= 0.3 is 5.97 Å². The number of ether oxygens (including phenoxy) is 4. The second-order valence-corrected chi connectivity index (χ2v) is 8.81. The summed E-state index contributed by atoms with van der Waals surface area (Å²) in [5, 5.41) is 10.7. The number of carbonyl (C=O) groups is 1. The van der Waals surface area contributed by atoms with Crippen LogP contribution < -0.4 is 15.2 Å². The molecule has 0 bridgehead atoms. The van der Waals surface area contributed by atoms with Gasteiger partial charge in [-0.2, -0.15) is 5.26 Å². The maximum absolute atomic E-state index is 12.8. The largest absolute Gasteiger partial charge is 0.493 e. The van der Waals surface area contributed by atoms with Crippen molar-refractivity contribution in [3.8, 4) is 17.6 Å². The quantitative estimate of drug-likeness (QED) is 0.410. The molecular weight excluding hydrogens is 547 g/mol. The highest BCUT2D eigenvalue weighted by Crippen LogP contribution is 2.45. The van der Waals surface area contributed by atoms with Crippen molar-refractivity contribution in [2.45, 2.75) is 26.4 Å². The van der Waals surface area contributed by atoms with Crippen molar-refractivity contribution in [1.82, 2.24) is 0 Å². The molecule has 1 aliphatic rings. The van der Waals surface area contributed by atoms with Crippen LogP contribution >= 0.6 is 39.1 Å². The van der Waals surface area contributed by atoms with Gasteiger partial charge in [-0.25, -0.2) is 4.79 Å². The van der Waals surface area contributed by atoms with Crippen molar-refractivity contribution in [3.63, 3.8) is 0 Å². The molecule has 2 aromatic carbocycles. The molecule has 1 atom stereocenters. The molecule has 2 N–H and O–H groups in total. The fourth-order valence-electron chi connectivity index (χ4n) is 3.55. The summed E-state index contributed by atoms with van der Waals surface area (Å²) in [6.07, 6.45) is 0. The summed E-state index contributed by atoms with van der Waals surface area (Å²) in [5.41, 5.74) is 7.42. The number of nitriles is 1. The number of nitrogens with two attached hydrogens (primary N) is 1. The minimum absolute atomic E-state index is 0.0816. The van der Waals surface area contributed by atoms with Crippen molar-refractivity contribution < 1.29 is 23.7 Å².